The first kappa shape index (κ1) is 20.8. The van der Waals surface area contributed by atoms with Gasteiger partial charge in [0.05, 0.1) is 10.6 Å². The van der Waals surface area contributed by atoms with Crippen molar-refractivity contribution >= 4 is 27.4 Å². The normalized spacial score (nSPS) is 11.1. The van der Waals surface area contributed by atoms with Crippen molar-refractivity contribution in [2.24, 2.45) is 0 Å². The van der Waals surface area contributed by atoms with Crippen LogP contribution in [0.3, 0.4) is 0 Å². The van der Waals surface area contributed by atoms with E-state index in [2.05, 4.69) is 10.0 Å². The summed E-state index contributed by atoms with van der Waals surface area (Å²) in [6, 6.07) is 9.82. The van der Waals surface area contributed by atoms with Gasteiger partial charge in [-0.3, -0.25) is 4.72 Å². The first-order valence-corrected chi connectivity index (χ1v) is 10.4. The van der Waals surface area contributed by atoms with Gasteiger partial charge in [0.1, 0.15) is 0 Å². The van der Waals surface area contributed by atoms with E-state index < -0.39 is 10.0 Å². The molecule has 0 aliphatic heterocycles. The van der Waals surface area contributed by atoms with E-state index in [4.69, 9.17) is 0 Å². The van der Waals surface area contributed by atoms with E-state index in [0.29, 0.717) is 24.5 Å². The van der Waals surface area contributed by atoms with Crippen LogP contribution in [0, 0.1) is 20.8 Å². The predicted octanol–water partition coefficient (Wildman–Crippen LogP) is 4.29. The summed E-state index contributed by atoms with van der Waals surface area (Å²) < 4.78 is 28.1. The van der Waals surface area contributed by atoms with Crippen LogP contribution in [0.15, 0.2) is 41.3 Å². The van der Waals surface area contributed by atoms with E-state index in [1.165, 1.54) is 12.1 Å². The second-order valence-electron chi connectivity index (χ2n) is 6.51. The highest BCUT2D eigenvalue weighted by atomic mass is 32.2. The number of nitrogens with zero attached hydrogens (tertiary/aromatic N) is 1. The van der Waals surface area contributed by atoms with Crippen molar-refractivity contribution < 1.29 is 13.2 Å². The molecule has 0 aliphatic rings. The minimum absolute atomic E-state index is 0.141. The van der Waals surface area contributed by atoms with Gasteiger partial charge in [-0.15, -0.1) is 0 Å². The van der Waals surface area contributed by atoms with E-state index >= 15 is 0 Å². The topological polar surface area (TPSA) is 78.5 Å². The Morgan fingerprint density at radius 2 is 1.48 bits per heavy atom. The molecule has 2 aromatic carbocycles. The number of nitrogens with one attached hydrogen (secondary N) is 2. The molecule has 146 valence electrons. The maximum atomic E-state index is 12.7. The fraction of sp³-hybridized carbons (Fsp3) is 0.350. The summed E-state index contributed by atoms with van der Waals surface area (Å²) in [6.45, 7) is 10.7. The molecule has 2 aromatic rings. The quantitative estimate of drug-likeness (QED) is 0.774. The van der Waals surface area contributed by atoms with Crippen LogP contribution in [0.2, 0.25) is 0 Å². The molecule has 0 atom stereocenters. The summed E-state index contributed by atoms with van der Waals surface area (Å²) in [5.41, 5.74) is 3.98. The van der Waals surface area contributed by atoms with Crippen LogP contribution >= 0.6 is 0 Å². The lowest BCUT2D eigenvalue weighted by atomic mass is 10.1. The number of carbonyl (C=O) groups excluding carboxylic acids is 1. The SMILES string of the molecule is CCN(CC)C(=O)Nc1ccc(S(=O)(=O)Nc2c(C)cc(C)cc2C)cc1. The Hall–Kier alpha value is -2.54. The van der Waals surface area contributed by atoms with Crippen molar-refractivity contribution in [3.8, 4) is 0 Å². The van der Waals surface area contributed by atoms with Gasteiger partial charge in [0.25, 0.3) is 10.0 Å². The van der Waals surface area contributed by atoms with Gasteiger partial charge in [0.2, 0.25) is 0 Å². The molecular weight excluding hydrogens is 362 g/mol. The highest BCUT2D eigenvalue weighted by Crippen LogP contribution is 2.25. The zero-order valence-electron chi connectivity index (χ0n) is 16.5. The number of hydrogen-bond acceptors (Lipinski definition) is 3. The van der Waals surface area contributed by atoms with Crippen LogP contribution < -0.4 is 10.0 Å². The van der Waals surface area contributed by atoms with E-state index in [1.54, 1.807) is 17.0 Å². The molecule has 0 unspecified atom stereocenters. The van der Waals surface area contributed by atoms with Gasteiger partial charge in [-0.2, -0.15) is 0 Å². The molecule has 27 heavy (non-hydrogen) atoms. The van der Waals surface area contributed by atoms with Gasteiger partial charge >= 0.3 is 6.03 Å². The number of sulfonamides is 1. The minimum Gasteiger partial charge on any atom is -0.325 e. The maximum Gasteiger partial charge on any atom is 0.321 e. The Morgan fingerprint density at radius 1 is 0.963 bits per heavy atom. The number of hydrogen-bond donors (Lipinski definition) is 2. The Balaban J connectivity index is 2.20. The molecule has 0 saturated carbocycles. The lowest BCUT2D eigenvalue weighted by Crippen LogP contribution is -2.34. The summed E-state index contributed by atoms with van der Waals surface area (Å²) in [5, 5.41) is 2.77. The van der Waals surface area contributed by atoms with Gasteiger partial charge < -0.3 is 10.2 Å². The van der Waals surface area contributed by atoms with Gasteiger partial charge in [-0.1, -0.05) is 17.7 Å². The number of benzene rings is 2. The molecule has 0 bridgehead atoms. The molecular formula is C20H27N3O3S. The van der Waals surface area contributed by atoms with Gasteiger partial charge in [-0.25, -0.2) is 13.2 Å². The van der Waals surface area contributed by atoms with Crippen molar-refractivity contribution in [2.45, 2.75) is 39.5 Å². The molecule has 2 rings (SSSR count). The van der Waals surface area contributed by atoms with Crippen LogP contribution in [0.4, 0.5) is 16.2 Å². The lowest BCUT2D eigenvalue weighted by Gasteiger charge is -2.19. The summed E-state index contributed by atoms with van der Waals surface area (Å²) in [4.78, 5) is 13.9. The standard InChI is InChI=1S/C20H27N3O3S/c1-6-23(7-2)20(24)21-17-8-10-18(11-9-17)27(25,26)22-19-15(4)12-14(3)13-16(19)5/h8-13,22H,6-7H2,1-5H3,(H,21,24). The molecule has 2 N–H and O–H groups in total. The molecule has 7 heteroatoms. The maximum absolute atomic E-state index is 12.7. The van der Waals surface area contributed by atoms with E-state index in [1.807, 2.05) is 46.8 Å². The molecule has 0 aromatic heterocycles. The number of anilines is 2. The number of urea groups is 1. The van der Waals surface area contributed by atoms with E-state index in [0.717, 1.165) is 16.7 Å². The van der Waals surface area contributed by atoms with Crippen LogP contribution in [-0.4, -0.2) is 32.4 Å². The Kier molecular flexibility index (Phi) is 6.49. The zero-order chi connectivity index (χ0) is 20.2. The average Bonchev–Trinajstić information content (AvgIpc) is 2.59. The van der Waals surface area contributed by atoms with Crippen molar-refractivity contribution in [2.75, 3.05) is 23.1 Å². The van der Waals surface area contributed by atoms with Crippen LogP contribution in [-0.2, 0) is 10.0 Å². The van der Waals surface area contributed by atoms with Gasteiger partial charge in [0.15, 0.2) is 0 Å². The second kappa shape index (κ2) is 8.43. The number of carbonyl (C=O) groups is 1. The molecule has 0 aliphatic carbocycles. The van der Waals surface area contributed by atoms with Crippen molar-refractivity contribution in [3.05, 3.63) is 53.1 Å². The number of rotatable bonds is 6. The predicted molar refractivity (Wildman–Crippen MR) is 110 cm³/mol. The van der Waals surface area contributed by atoms with Crippen molar-refractivity contribution in [1.82, 2.24) is 4.90 Å². The lowest BCUT2D eigenvalue weighted by molar-refractivity contribution is 0.217. The summed E-state index contributed by atoms with van der Waals surface area (Å²) >= 11 is 0. The third-order valence-corrected chi connectivity index (χ3v) is 5.75. The first-order chi connectivity index (χ1) is 12.7. The van der Waals surface area contributed by atoms with Gasteiger partial charge in [-0.05, 0) is 70.0 Å². The summed E-state index contributed by atoms with van der Waals surface area (Å²) in [5.74, 6) is 0. The molecule has 0 saturated heterocycles. The number of aryl methyl sites for hydroxylation is 3. The van der Waals surface area contributed by atoms with Gasteiger partial charge in [0, 0.05) is 18.8 Å². The first-order valence-electron chi connectivity index (χ1n) is 8.94. The Labute approximate surface area is 161 Å². The van der Waals surface area contributed by atoms with Crippen LogP contribution in [0.1, 0.15) is 30.5 Å². The fourth-order valence-electron chi connectivity index (χ4n) is 2.97. The summed E-state index contributed by atoms with van der Waals surface area (Å²) in [7, 11) is -3.72. The largest absolute Gasteiger partial charge is 0.325 e. The fourth-order valence-corrected chi connectivity index (χ4v) is 4.17. The van der Waals surface area contributed by atoms with Crippen LogP contribution in [0.25, 0.3) is 0 Å². The number of amides is 2. The van der Waals surface area contributed by atoms with E-state index in [-0.39, 0.29) is 10.9 Å². The summed E-state index contributed by atoms with van der Waals surface area (Å²) in [6.07, 6.45) is 0. The Bertz CT molecular complexity index is 895. The minimum atomic E-state index is -3.72. The molecule has 0 heterocycles. The van der Waals surface area contributed by atoms with E-state index in [9.17, 15) is 13.2 Å². The molecule has 2 amide bonds. The second-order valence-corrected chi connectivity index (χ2v) is 8.19. The average molecular weight is 390 g/mol. The molecule has 6 nitrogen and oxygen atoms in total. The molecule has 0 spiro atoms. The Morgan fingerprint density at radius 3 is 1.96 bits per heavy atom. The third-order valence-electron chi connectivity index (χ3n) is 4.38. The van der Waals surface area contributed by atoms with Crippen molar-refractivity contribution in [3.63, 3.8) is 0 Å². The highest BCUT2D eigenvalue weighted by Gasteiger charge is 2.17. The monoisotopic (exact) mass is 389 g/mol. The smallest absolute Gasteiger partial charge is 0.321 e. The van der Waals surface area contributed by atoms with Crippen LogP contribution in [0.5, 0.6) is 0 Å². The third kappa shape index (κ3) is 5.01. The zero-order valence-corrected chi connectivity index (χ0v) is 17.3. The van der Waals surface area contributed by atoms with Crippen molar-refractivity contribution in [1.29, 1.82) is 0 Å². The molecule has 0 radical (unpaired) electrons. The molecule has 0 fully saturated rings. The highest BCUT2D eigenvalue weighted by molar-refractivity contribution is 7.92.